The number of fused-ring (bicyclic) bond motifs is 1. The first-order valence-electron chi connectivity index (χ1n) is 5.79. The molecule has 2 fully saturated rings. The molecule has 0 bridgehead atoms. The van der Waals surface area contributed by atoms with Crippen LogP contribution in [0.4, 0.5) is 0 Å². The summed E-state index contributed by atoms with van der Waals surface area (Å²) in [5, 5.41) is 0. The highest BCUT2D eigenvalue weighted by Gasteiger charge is 2.51. The second-order valence-corrected chi connectivity index (χ2v) is 4.81. The van der Waals surface area contributed by atoms with Crippen LogP contribution in [0, 0.1) is 11.3 Å². The van der Waals surface area contributed by atoms with Gasteiger partial charge in [0.05, 0.1) is 13.5 Å². The first-order chi connectivity index (χ1) is 7.19. The smallest absolute Gasteiger partial charge is 0.306 e. The van der Waals surface area contributed by atoms with Gasteiger partial charge in [-0.2, -0.15) is 0 Å². The number of carbonyl (C=O) groups is 2. The molecule has 3 nitrogen and oxygen atoms in total. The number of carbonyl (C=O) groups excluding carboxylic acids is 2. The van der Waals surface area contributed by atoms with E-state index in [1.165, 1.54) is 13.5 Å². The highest BCUT2D eigenvalue weighted by atomic mass is 16.5. The van der Waals surface area contributed by atoms with E-state index < -0.39 is 0 Å². The summed E-state index contributed by atoms with van der Waals surface area (Å²) in [5.74, 6) is 0.521. The zero-order chi connectivity index (χ0) is 10.9. The fourth-order valence-electron chi connectivity index (χ4n) is 3.31. The minimum Gasteiger partial charge on any atom is -0.469 e. The zero-order valence-electron chi connectivity index (χ0n) is 9.25. The molecule has 2 saturated carbocycles. The number of ketones is 1. The molecule has 0 amide bonds. The molecule has 0 spiro atoms. The van der Waals surface area contributed by atoms with E-state index in [-0.39, 0.29) is 11.4 Å². The molecule has 0 N–H and O–H groups in total. The van der Waals surface area contributed by atoms with Crippen LogP contribution in [0.2, 0.25) is 0 Å². The van der Waals surface area contributed by atoms with Crippen molar-refractivity contribution in [2.45, 2.75) is 44.9 Å². The largest absolute Gasteiger partial charge is 0.469 e. The molecule has 0 heterocycles. The molecule has 2 aliphatic rings. The summed E-state index contributed by atoms with van der Waals surface area (Å²) in [6.45, 7) is 0. The van der Waals surface area contributed by atoms with Crippen LogP contribution in [0.1, 0.15) is 44.9 Å². The van der Waals surface area contributed by atoms with Crippen LogP contribution in [0.25, 0.3) is 0 Å². The summed E-state index contributed by atoms with van der Waals surface area (Å²) < 4.78 is 4.71. The number of Topliss-reactive ketones (excluding diaryl/α,β-unsaturated/α-hetero) is 1. The van der Waals surface area contributed by atoms with Crippen molar-refractivity contribution in [3.63, 3.8) is 0 Å². The lowest BCUT2D eigenvalue weighted by Gasteiger charge is -2.37. The lowest BCUT2D eigenvalue weighted by molar-refractivity contribution is -0.148. The molecule has 2 rings (SSSR count). The quantitative estimate of drug-likeness (QED) is 0.655. The van der Waals surface area contributed by atoms with Gasteiger partial charge in [-0.25, -0.2) is 0 Å². The lowest BCUT2D eigenvalue weighted by atomic mass is 9.66. The third-order valence-electron chi connectivity index (χ3n) is 4.17. The fraction of sp³-hybridized carbons (Fsp3) is 0.833. The minimum absolute atomic E-state index is 0.225. The topological polar surface area (TPSA) is 43.4 Å². The van der Waals surface area contributed by atoms with Crippen molar-refractivity contribution in [3.05, 3.63) is 0 Å². The summed E-state index contributed by atoms with van der Waals surface area (Å²) >= 11 is 0. The Morgan fingerprint density at radius 2 is 2.27 bits per heavy atom. The van der Waals surface area contributed by atoms with E-state index in [9.17, 15) is 9.59 Å². The average Bonchev–Trinajstić information content (AvgIpc) is 2.57. The van der Waals surface area contributed by atoms with Crippen molar-refractivity contribution in [2.24, 2.45) is 11.3 Å². The number of hydrogen-bond donors (Lipinski definition) is 0. The van der Waals surface area contributed by atoms with Gasteiger partial charge in [0.2, 0.25) is 0 Å². The number of methoxy groups -OCH3 is 1. The van der Waals surface area contributed by atoms with E-state index in [0.29, 0.717) is 24.5 Å². The number of rotatable bonds is 2. The van der Waals surface area contributed by atoms with Gasteiger partial charge >= 0.3 is 5.97 Å². The molecule has 0 aliphatic heterocycles. The summed E-state index contributed by atoms with van der Waals surface area (Å²) in [6, 6.07) is 0. The Hall–Kier alpha value is -0.860. The third kappa shape index (κ3) is 1.68. The van der Waals surface area contributed by atoms with Crippen LogP contribution in [0.3, 0.4) is 0 Å². The Morgan fingerprint density at radius 3 is 3.00 bits per heavy atom. The minimum atomic E-state index is -0.342. The highest BCUT2D eigenvalue weighted by molar-refractivity contribution is 5.91. The second-order valence-electron chi connectivity index (χ2n) is 4.81. The molecule has 0 aromatic rings. The van der Waals surface area contributed by atoms with Gasteiger partial charge in [-0.05, 0) is 25.2 Å². The Morgan fingerprint density at radius 1 is 1.47 bits per heavy atom. The van der Waals surface area contributed by atoms with E-state index in [1.54, 1.807) is 0 Å². The summed E-state index contributed by atoms with van der Waals surface area (Å²) in [5.41, 5.74) is -0.342. The van der Waals surface area contributed by atoms with Gasteiger partial charge < -0.3 is 4.74 Å². The summed E-state index contributed by atoms with van der Waals surface area (Å²) in [4.78, 5) is 23.4. The maximum absolute atomic E-state index is 12.0. The predicted octanol–water partition coefficient (Wildman–Crippen LogP) is 2.09. The Balaban J connectivity index is 2.19. The van der Waals surface area contributed by atoms with Crippen LogP contribution in [-0.4, -0.2) is 18.9 Å². The fourth-order valence-corrected chi connectivity index (χ4v) is 3.31. The van der Waals surface area contributed by atoms with Gasteiger partial charge in [0.25, 0.3) is 0 Å². The Labute approximate surface area is 90.2 Å². The molecule has 0 radical (unpaired) electrons. The molecule has 0 aromatic heterocycles. The van der Waals surface area contributed by atoms with Crippen LogP contribution < -0.4 is 0 Å². The first kappa shape index (κ1) is 10.7. The number of ether oxygens (including phenoxy) is 1. The first-order valence-corrected chi connectivity index (χ1v) is 5.79. The highest BCUT2D eigenvalue weighted by Crippen LogP contribution is 2.52. The van der Waals surface area contributed by atoms with Crippen molar-refractivity contribution in [3.8, 4) is 0 Å². The molecule has 0 unspecified atom stereocenters. The zero-order valence-corrected chi connectivity index (χ0v) is 9.25. The molecule has 0 aromatic carbocycles. The molecule has 2 atom stereocenters. The van der Waals surface area contributed by atoms with E-state index in [0.717, 1.165) is 25.7 Å². The lowest BCUT2D eigenvalue weighted by Crippen LogP contribution is -2.37. The van der Waals surface area contributed by atoms with Crippen LogP contribution >= 0.6 is 0 Å². The van der Waals surface area contributed by atoms with E-state index in [1.807, 2.05) is 0 Å². The van der Waals surface area contributed by atoms with E-state index in [2.05, 4.69) is 0 Å². The van der Waals surface area contributed by atoms with Gasteiger partial charge in [0.1, 0.15) is 5.78 Å². The molecule has 84 valence electrons. The predicted molar refractivity (Wildman–Crippen MR) is 55.3 cm³/mol. The molecule has 0 saturated heterocycles. The molecule has 2 aliphatic carbocycles. The van der Waals surface area contributed by atoms with Crippen LogP contribution in [0.5, 0.6) is 0 Å². The Kier molecular flexibility index (Phi) is 2.81. The van der Waals surface area contributed by atoms with Crippen molar-refractivity contribution in [1.82, 2.24) is 0 Å². The van der Waals surface area contributed by atoms with Gasteiger partial charge in [-0.1, -0.05) is 12.8 Å². The maximum Gasteiger partial charge on any atom is 0.306 e. The van der Waals surface area contributed by atoms with Crippen molar-refractivity contribution in [2.75, 3.05) is 7.11 Å². The SMILES string of the molecule is COC(=O)C[C@]12CCCC[C@H]1CCC2=O. The normalized spacial score (nSPS) is 35.0. The number of esters is 1. The molecule has 3 heteroatoms. The van der Waals surface area contributed by atoms with Crippen LogP contribution in [0.15, 0.2) is 0 Å². The van der Waals surface area contributed by atoms with Crippen molar-refractivity contribution in [1.29, 1.82) is 0 Å². The van der Waals surface area contributed by atoms with Gasteiger partial charge in [0, 0.05) is 11.8 Å². The van der Waals surface area contributed by atoms with E-state index >= 15 is 0 Å². The second kappa shape index (κ2) is 3.95. The Bertz CT molecular complexity index is 285. The van der Waals surface area contributed by atoms with Gasteiger partial charge in [-0.3, -0.25) is 9.59 Å². The van der Waals surface area contributed by atoms with Crippen LogP contribution in [-0.2, 0) is 14.3 Å². The van der Waals surface area contributed by atoms with Gasteiger partial charge in [-0.15, -0.1) is 0 Å². The summed E-state index contributed by atoms with van der Waals surface area (Å²) in [6.07, 6.45) is 6.26. The molecule has 15 heavy (non-hydrogen) atoms. The monoisotopic (exact) mass is 210 g/mol. The molecular formula is C12H18O3. The van der Waals surface area contributed by atoms with E-state index in [4.69, 9.17) is 4.74 Å². The average molecular weight is 210 g/mol. The molecular weight excluding hydrogens is 192 g/mol. The number of hydrogen-bond acceptors (Lipinski definition) is 3. The summed E-state index contributed by atoms with van der Waals surface area (Å²) in [7, 11) is 1.40. The third-order valence-corrected chi connectivity index (χ3v) is 4.17. The van der Waals surface area contributed by atoms with Crippen molar-refractivity contribution < 1.29 is 14.3 Å². The van der Waals surface area contributed by atoms with Crippen molar-refractivity contribution >= 4 is 11.8 Å². The standard InChI is InChI=1S/C12H18O3/c1-15-11(14)8-12-7-3-2-4-9(12)5-6-10(12)13/h9H,2-8H2,1H3/t9-,12+/m0/s1. The maximum atomic E-state index is 12.0. The van der Waals surface area contributed by atoms with Gasteiger partial charge in [0.15, 0.2) is 0 Å².